The van der Waals surface area contributed by atoms with Crippen LogP contribution in [0.1, 0.15) is 62.8 Å². The van der Waals surface area contributed by atoms with Crippen LogP contribution < -0.4 is 16.0 Å². The van der Waals surface area contributed by atoms with Crippen molar-refractivity contribution in [3.05, 3.63) is 94.3 Å². The van der Waals surface area contributed by atoms with Crippen molar-refractivity contribution in [1.29, 1.82) is 5.26 Å². The molecule has 0 spiro atoms. The van der Waals surface area contributed by atoms with Crippen LogP contribution in [0.3, 0.4) is 0 Å². The first-order valence-electron chi connectivity index (χ1n) is 12.7. The van der Waals surface area contributed by atoms with E-state index >= 15 is 0 Å². The van der Waals surface area contributed by atoms with E-state index in [2.05, 4.69) is 66.2 Å². The zero-order valence-electron chi connectivity index (χ0n) is 21.5. The summed E-state index contributed by atoms with van der Waals surface area (Å²) >= 11 is 0. The zero-order chi connectivity index (χ0) is 25.9. The van der Waals surface area contributed by atoms with Gasteiger partial charge >= 0.3 is 5.97 Å². The minimum atomic E-state index is -0.917. The highest BCUT2D eigenvalue weighted by Gasteiger charge is 2.32. The quantitative estimate of drug-likeness (QED) is 0.432. The van der Waals surface area contributed by atoms with Gasteiger partial charge in [-0.15, -0.1) is 0 Å². The number of nitrogens with zero attached hydrogens (tertiary/aromatic N) is 1. The van der Waals surface area contributed by atoms with Gasteiger partial charge in [-0.3, -0.25) is 4.79 Å². The first-order valence-corrected chi connectivity index (χ1v) is 12.7. The number of nitrogens with one attached hydrogen (secondary N) is 3. The summed E-state index contributed by atoms with van der Waals surface area (Å²) in [6.45, 7) is 9.29. The monoisotopic (exact) mass is 484 g/mol. The maximum Gasteiger partial charge on any atom is 0.313 e. The van der Waals surface area contributed by atoms with Crippen molar-refractivity contribution in [3.8, 4) is 6.07 Å². The summed E-state index contributed by atoms with van der Waals surface area (Å²) < 4.78 is 0. The number of rotatable bonds is 8. The van der Waals surface area contributed by atoms with Crippen molar-refractivity contribution in [3.63, 3.8) is 0 Å². The summed E-state index contributed by atoms with van der Waals surface area (Å²) in [5.41, 5.74) is 5.00. The molecule has 2 aromatic rings. The molecule has 1 aliphatic carbocycles. The van der Waals surface area contributed by atoms with Crippen LogP contribution in [0.4, 0.5) is 0 Å². The van der Waals surface area contributed by atoms with Gasteiger partial charge < -0.3 is 21.1 Å². The van der Waals surface area contributed by atoms with Crippen molar-refractivity contribution >= 4 is 5.97 Å². The lowest BCUT2D eigenvalue weighted by Crippen LogP contribution is -2.52. The third-order valence-electron chi connectivity index (χ3n) is 7.48. The fraction of sp³-hybridized carbons (Fsp3) is 0.400. The Hall–Kier alpha value is -3.56. The molecule has 4 N–H and O–H groups in total. The molecular formula is C30H36N4O2. The molecule has 1 aliphatic heterocycles. The largest absolute Gasteiger partial charge is 0.481 e. The van der Waals surface area contributed by atoms with Gasteiger partial charge in [0, 0.05) is 18.8 Å². The zero-order valence-corrected chi connectivity index (χ0v) is 21.5. The van der Waals surface area contributed by atoms with E-state index in [0.29, 0.717) is 11.5 Å². The third kappa shape index (κ3) is 5.32. The van der Waals surface area contributed by atoms with Crippen molar-refractivity contribution < 1.29 is 9.90 Å². The normalized spacial score (nSPS) is 21.2. The van der Waals surface area contributed by atoms with E-state index in [9.17, 15) is 15.2 Å². The Labute approximate surface area is 214 Å². The summed E-state index contributed by atoms with van der Waals surface area (Å²) in [5, 5.41) is 30.3. The number of carboxylic acids is 1. The minimum Gasteiger partial charge on any atom is -0.481 e. The molecule has 1 heterocycles. The Bertz CT molecular complexity index is 1190. The Kier molecular flexibility index (Phi) is 7.51. The first-order chi connectivity index (χ1) is 17.2. The molecule has 2 aromatic carbocycles. The summed E-state index contributed by atoms with van der Waals surface area (Å²) in [6, 6.07) is 20.8. The van der Waals surface area contributed by atoms with Gasteiger partial charge in [0.05, 0.1) is 28.8 Å². The summed E-state index contributed by atoms with van der Waals surface area (Å²) in [7, 11) is 0. The van der Waals surface area contributed by atoms with E-state index in [0.717, 1.165) is 42.0 Å². The number of allylic oxidation sites excluding steroid dienone is 3. The molecule has 0 fully saturated rings. The van der Waals surface area contributed by atoms with Gasteiger partial charge in [0.1, 0.15) is 6.07 Å². The predicted octanol–water partition coefficient (Wildman–Crippen LogP) is 4.75. The fourth-order valence-corrected chi connectivity index (χ4v) is 5.03. The number of hydrogen-bond donors (Lipinski definition) is 4. The van der Waals surface area contributed by atoms with Crippen LogP contribution in [0.5, 0.6) is 0 Å². The molecule has 4 atom stereocenters. The molecule has 0 aromatic heterocycles. The number of nitriles is 1. The number of carbonyl (C=O) groups is 1. The highest BCUT2D eigenvalue weighted by molar-refractivity contribution is 5.80. The Morgan fingerprint density at radius 1 is 1.17 bits per heavy atom. The topological polar surface area (TPSA) is 97.2 Å². The number of carboxylic acid groups (broad SMARTS) is 1. The average molecular weight is 485 g/mol. The molecule has 6 heteroatoms. The summed E-state index contributed by atoms with van der Waals surface area (Å²) in [4.78, 5) is 11.6. The lowest BCUT2D eigenvalue weighted by atomic mass is 9.83. The third-order valence-corrected chi connectivity index (χ3v) is 7.48. The van der Waals surface area contributed by atoms with E-state index in [1.165, 1.54) is 5.56 Å². The average Bonchev–Trinajstić information content (AvgIpc) is 2.88. The fourth-order valence-electron chi connectivity index (χ4n) is 5.03. The molecule has 188 valence electrons. The van der Waals surface area contributed by atoms with Crippen molar-refractivity contribution in [2.24, 2.45) is 5.92 Å². The van der Waals surface area contributed by atoms with Crippen LogP contribution in [0.25, 0.3) is 0 Å². The Morgan fingerprint density at radius 3 is 2.50 bits per heavy atom. The van der Waals surface area contributed by atoms with E-state index in [-0.39, 0.29) is 18.0 Å². The Balaban J connectivity index is 1.50. The van der Waals surface area contributed by atoms with Gasteiger partial charge in [-0.1, -0.05) is 74.5 Å². The molecule has 1 unspecified atom stereocenters. The molecular weight excluding hydrogens is 448 g/mol. The van der Waals surface area contributed by atoms with Gasteiger partial charge in [0.2, 0.25) is 0 Å². The van der Waals surface area contributed by atoms with E-state index in [1.54, 1.807) is 13.8 Å². The van der Waals surface area contributed by atoms with Gasteiger partial charge in [-0.25, -0.2) is 0 Å². The minimum absolute atomic E-state index is 0.0414. The second kappa shape index (κ2) is 10.6. The maximum atomic E-state index is 11.6. The van der Waals surface area contributed by atoms with Crippen LogP contribution in [0.2, 0.25) is 0 Å². The van der Waals surface area contributed by atoms with Gasteiger partial charge in [0.15, 0.2) is 0 Å². The molecule has 2 aliphatic rings. The van der Waals surface area contributed by atoms with E-state index in [4.69, 9.17) is 0 Å². The highest BCUT2D eigenvalue weighted by atomic mass is 16.4. The summed E-state index contributed by atoms with van der Waals surface area (Å²) in [6.07, 6.45) is 2.97. The van der Waals surface area contributed by atoms with Crippen LogP contribution in [-0.4, -0.2) is 30.2 Å². The molecule has 0 saturated carbocycles. The Morgan fingerprint density at radius 2 is 1.86 bits per heavy atom. The van der Waals surface area contributed by atoms with Crippen molar-refractivity contribution in [2.45, 2.75) is 57.5 Å². The van der Waals surface area contributed by atoms with E-state index in [1.807, 2.05) is 30.3 Å². The molecule has 0 bridgehead atoms. The first kappa shape index (κ1) is 25.5. The second-order valence-corrected chi connectivity index (χ2v) is 10.6. The molecule has 6 nitrogen and oxygen atoms in total. The van der Waals surface area contributed by atoms with Crippen LogP contribution in [0.15, 0.2) is 77.6 Å². The molecule has 36 heavy (non-hydrogen) atoms. The lowest BCUT2D eigenvalue weighted by Gasteiger charge is -2.38. The lowest BCUT2D eigenvalue weighted by molar-refractivity contribution is -0.142. The van der Waals surface area contributed by atoms with Crippen LogP contribution in [0, 0.1) is 17.2 Å². The molecule has 0 radical (unpaired) electrons. The smallest absolute Gasteiger partial charge is 0.313 e. The molecule has 0 amide bonds. The standard InChI is InChI=1S/C30H36N4O2/c1-19-14-23(16-31)28-25(15-19)32-18-26(34-28)27(22-8-6-5-7-9-22)33-17-20(2)21-10-12-24(13-11-21)30(3,4)29(35)36/h5-14,19-20,26-27,32-34H,15,17-18H2,1-4H3,(H,35,36)/t19?,20-,26+,27+/m0/s1. The molecule has 0 saturated heterocycles. The van der Waals surface area contributed by atoms with Gasteiger partial charge in [-0.2, -0.15) is 5.26 Å². The van der Waals surface area contributed by atoms with Crippen LogP contribution >= 0.6 is 0 Å². The second-order valence-electron chi connectivity index (χ2n) is 10.6. The number of aliphatic carboxylic acids is 1. The predicted molar refractivity (Wildman–Crippen MR) is 142 cm³/mol. The van der Waals surface area contributed by atoms with Gasteiger partial charge in [0.25, 0.3) is 0 Å². The SMILES string of the molecule is CC1C=C(C#N)C2=C(C1)NC[C@H]([C@H](NC[C@H](C)c1ccc(C(C)(C)C(=O)O)cc1)c1ccccc1)N2. The number of benzene rings is 2. The highest BCUT2D eigenvalue weighted by Crippen LogP contribution is 2.31. The molecule has 4 rings (SSSR count). The summed E-state index contributed by atoms with van der Waals surface area (Å²) in [5.74, 6) is -0.250. The van der Waals surface area contributed by atoms with Gasteiger partial charge in [-0.05, 0) is 48.8 Å². The number of hydrogen-bond acceptors (Lipinski definition) is 5. The van der Waals surface area contributed by atoms with Crippen molar-refractivity contribution in [2.75, 3.05) is 13.1 Å². The van der Waals surface area contributed by atoms with E-state index < -0.39 is 11.4 Å². The maximum absolute atomic E-state index is 11.6. The van der Waals surface area contributed by atoms with Crippen LogP contribution in [-0.2, 0) is 10.2 Å². The van der Waals surface area contributed by atoms with Crippen molar-refractivity contribution in [1.82, 2.24) is 16.0 Å².